The summed E-state index contributed by atoms with van der Waals surface area (Å²) in [6.45, 7) is 5.74. The number of fused-ring (bicyclic) bond motifs is 1. The Morgan fingerprint density at radius 2 is 2.04 bits per heavy atom. The van der Waals surface area contributed by atoms with Gasteiger partial charge in [-0.15, -0.1) is 0 Å². The molecule has 0 saturated carbocycles. The maximum atomic E-state index is 12.3. The number of carbonyl (C=O) groups is 1. The highest BCUT2D eigenvalue weighted by Gasteiger charge is 2.23. The fraction of sp³-hybridized carbons (Fsp3) is 0.579. The Hall–Kier alpha value is -2.08. The number of amides is 1. The van der Waals surface area contributed by atoms with E-state index in [4.69, 9.17) is 0 Å². The Balaban J connectivity index is 1.49. The number of aromatic nitrogens is 2. The summed E-state index contributed by atoms with van der Waals surface area (Å²) in [7, 11) is 0. The van der Waals surface area contributed by atoms with Crippen molar-refractivity contribution >= 4 is 16.9 Å². The van der Waals surface area contributed by atoms with E-state index in [0.717, 1.165) is 62.9 Å². The smallest absolute Gasteiger partial charge is 0.326 e. The maximum absolute atomic E-state index is 12.3. The molecule has 2 heterocycles. The second kappa shape index (κ2) is 8.34. The van der Waals surface area contributed by atoms with E-state index in [-0.39, 0.29) is 17.6 Å². The lowest BCUT2D eigenvalue weighted by atomic mass is 10.0. The number of rotatable bonds is 7. The van der Waals surface area contributed by atoms with Crippen molar-refractivity contribution in [2.75, 3.05) is 26.2 Å². The summed E-state index contributed by atoms with van der Waals surface area (Å²) in [6.07, 6.45) is 4.43. The molecule has 25 heavy (non-hydrogen) atoms. The minimum absolute atomic E-state index is 0.00718. The molecule has 1 fully saturated rings. The topological polar surface area (TPSA) is 70.1 Å². The van der Waals surface area contributed by atoms with Crippen molar-refractivity contribution in [2.24, 2.45) is 0 Å². The number of likely N-dealkylation sites (tertiary alicyclic amines) is 1. The molecule has 1 aliphatic heterocycles. The van der Waals surface area contributed by atoms with Crippen LogP contribution < -0.4 is 11.0 Å². The van der Waals surface area contributed by atoms with E-state index in [1.165, 1.54) is 0 Å². The summed E-state index contributed by atoms with van der Waals surface area (Å²) in [6, 6.07) is 8.14. The zero-order valence-corrected chi connectivity index (χ0v) is 15.0. The summed E-state index contributed by atoms with van der Waals surface area (Å²) in [4.78, 5) is 29.3. The molecule has 0 radical (unpaired) electrons. The number of benzene rings is 1. The van der Waals surface area contributed by atoms with Gasteiger partial charge in [0, 0.05) is 32.1 Å². The Morgan fingerprint density at radius 1 is 1.28 bits per heavy atom. The zero-order chi connectivity index (χ0) is 17.6. The van der Waals surface area contributed by atoms with E-state index in [1.807, 2.05) is 28.8 Å². The number of hydrogen-bond acceptors (Lipinski definition) is 3. The highest BCUT2D eigenvalue weighted by Crippen LogP contribution is 2.24. The molecular formula is C19H28N4O2. The molecular weight excluding hydrogens is 316 g/mol. The van der Waals surface area contributed by atoms with Gasteiger partial charge in [-0.3, -0.25) is 9.36 Å². The van der Waals surface area contributed by atoms with Crippen molar-refractivity contribution < 1.29 is 4.79 Å². The van der Waals surface area contributed by atoms with Gasteiger partial charge in [0.05, 0.1) is 11.0 Å². The summed E-state index contributed by atoms with van der Waals surface area (Å²) in [5.74, 6) is 0.155. The number of hydrogen-bond donors (Lipinski definition) is 2. The molecule has 136 valence electrons. The van der Waals surface area contributed by atoms with Crippen LogP contribution >= 0.6 is 0 Å². The lowest BCUT2D eigenvalue weighted by molar-refractivity contribution is -0.121. The van der Waals surface area contributed by atoms with Crippen molar-refractivity contribution in [1.29, 1.82) is 0 Å². The molecule has 6 heteroatoms. The second-order valence-electron chi connectivity index (χ2n) is 6.84. The number of nitrogens with one attached hydrogen (secondary N) is 2. The maximum Gasteiger partial charge on any atom is 0.326 e. The third-order valence-electron chi connectivity index (χ3n) is 5.00. The van der Waals surface area contributed by atoms with Gasteiger partial charge < -0.3 is 15.2 Å². The average molecular weight is 344 g/mol. The van der Waals surface area contributed by atoms with Gasteiger partial charge in [-0.2, -0.15) is 0 Å². The fourth-order valence-corrected chi connectivity index (χ4v) is 3.65. The van der Waals surface area contributed by atoms with Crippen LogP contribution in [0.1, 0.15) is 45.1 Å². The Labute approximate surface area is 148 Å². The summed E-state index contributed by atoms with van der Waals surface area (Å²) in [5.41, 5.74) is 1.90. The van der Waals surface area contributed by atoms with Gasteiger partial charge in [0.25, 0.3) is 0 Å². The van der Waals surface area contributed by atoms with Gasteiger partial charge in [-0.05, 0) is 44.4 Å². The van der Waals surface area contributed by atoms with Crippen LogP contribution in [0.3, 0.4) is 0 Å². The molecule has 3 rings (SSSR count). The van der Waals surface area contributed by atoms with Gasteiger partial charge in [0.2, 0.25) is 5.91 Å². The molecule has 2 N–H and O–H groups in total. The summed E-state index contributed by atoms with van der Waals surface area (Å²) >= 11 is 0. The van der Waals surface area contributed by atoms with Crippen molar-refractivity contribution in [3.8, 4) is 0 Å². The molecule has 0 bridgehead atoms. The Morgan fingerprint density at radius 3 is 2.80 bits per heavy atom. The van der Waals surface area contributed by atoms with Crippen LogP contribution in [0.15, 0.2) is 29.1 Å². The third-order valence-corrected chi connectivity index (χ3v) is 5.00. The third kappa shape index (κ3) is 4.31. The lowest BCUT2D eigenvalue weighted by Crippen LogP contribution is -2.37. The molecule has 1 aromatic carbocycles. The van der Waals surface area contributed by atoms with Crippen LogP contribution in [0.5, 0.6) is 0 Å². The highest BCUT2D eigenvalue weighted by molar-refractivity contribution is 5.76. The van der Waals surface area contributed by atoms with Gasteiger partial charge in [-0.25, -0.2) is 4.79 Å². The monoisotopic (exact) mass is 344 g/mol. The highest BCUT2D eigenvalue weighted by atomic mass is 16.2. The normalized spacial score (nSPS) is 16.4. The number of H-pyrrole nitrogens is 1. The number of para-hydroxylation sites is 2. The summed E-state index contributed by atoms with van der Waals surface area (Å²) < 4.78 is 1.92. The van der Waals surface area contributed by atoms with Crippen LogP contribution in [0.4, 0.5) is 0 Å². The first-order valence-corrected chi connectivity index (χ1v) is 9.37. The largest absolute Gasteiger partial charge is 0.356 e. The zero-order valence-electron chi connectivity index (χ0n) is 15.0. The first-order chi connectivity index (χ1) is 12.2. The predicted molar refractivity (Wildman–Crippen MR) is 99.8 cm³/mol. The SMILES string of the molecule is CCCNC(=O)CCCN1CCC(n2c(=O)[nH]c3ccccc32)CC1. The number of carbonyl (C=O) groups excluding carboxylic acids is 1. The Kier molecular flexibility index (Phi) is 5.91. The first kappa shape index (κ1) is 17.7. The molecule has 0 spiro atoms. The van der Waals surface area contributed by atoms with Gasteiger partial charge in [0.15, 0.2) is 0 Å². The number of imidazole rings is 1. The molecule has 1 aromatic heterocycles. The molecule has 1 aliphatic rings. The molecule has 6 nitrogen and oxygen atoms in total. The Bertz CT molecular complexity index is 756. The molecule has 2 aromatic rings. The molecule has 0 aliphatic carbocycles. The number of aromatic amines is 1. The fourth-order valence-electron chi connectivity index (χ4n) is 3.65. The second-order valence-corrected chi connectivity index (χ2v) is 6.84. The van der Waals surface area contributed by atoms with Crippen molar-refractivity contribution in [3.05, 3.63) is 34.7 Å². The van der Waals surface area contributed by atoms with E-state index >= 15 is 0 Å². The van der Waals surface area contributed by atoms with Crippen LogP contribution in [-0.2, 0) is 4.79 Å². The lowest BCUT2D eigenvalue weighted by Gasteiger charge is -2.32. The van der Waals surface area contributed by atoms with Crippen LogP contribution in [0.25, 0.3) is 11.0 Å². The molecule has 0 atom stereocenters. The van der Waals surface area contributed by atoms with Gasteiger partial charge in [0.1, 0.15) is 0 Å². The van der Waals surface area contributed by atoms with E-state index < -0.39 is 0 Å². The van der Waals surface area contributed by atoms with Crippen molar-refractivity contribution in [1.82, 2.24) is 19.8 Å². The average Bonchev–Trinajstić information content (AvgIpc) is 2.96. The number of nitrogens with zero attached hydrogens (tertiary/aromatic N) is 2. The first-order valence-electron chi connectivity index (χ1n) is 9.37. The van der Waals surface area contributed by atoms with Crippen LogP contribution in [0, 0.1) is 0 Å². The standard InChI is InChI=1S/C19H28N4O2/c1-2-11-20-18(24)8-5-12-22-13-9-15(10-14-22)23-17-7-4-3-6-16(17)21-19(23)25/h3-4,6-7,15H,2,5,8-14H2,1H3,(H,20,24)(H,21,25). The number of piperidine rings is 1. The minimum Gasteiger partial charge on any atom is -0.356 e. The van der Waals surface area contributed by atoms with Crippen LogP contribution in [0.2, 0.25) is 0 Å². The van der Waals surface area contributed by atoms with Crippen molar-refractivity contribution in [3.63, 3.8) is 0 Å². The van der Waals surface area contributed by atoms with Crippen molar-refractivity contribution in [2.45, 2.75) is 45.1 Å². The predicted octanol–water partition coefficient (Wildman–Crippen LogP) is 2.27. The van der Waals surface area contributed by atoms with Crippen LogP contribution in [-0.4, -0.2) is 46.5 Å². The van der Waals surface area contributed by atoms with E-state index in [1.54, 1.807) is 0 Å². The quantitative estimate of drug-likeness (QED) is 0.809. The molecule has 1 amide bonds. The van der Waals surface area contributed by atoms with Gasteiger partial charge in [-0.1, -0.05) is 19.1 Å². The van der Waals surface area contributed by atoms with E-state index in [2.05, 4.69) is 22.1 Å². The van der Waals surface area contributed by atoms with Gasteiger partial charge >= 0.3 is 5.69 Å². The van der Waals surface area contributed by atoms with E-state index in [0.29, 0.717) is 6.42 Å². The summed E-state index contributed by atoms with van der Waals surface area (Å²) in [5, 5.41) is 2.92. The molecule has 0 unspecified atom stereocenters. The van der Waals surface area contributed by atoms with E-state index in [9.17, 15) is 9.59 Å². The molecule has 1 saturated heterocycles. The minimum atomic E-state index is -0.00718.